The van der Waals surface area contributed by atoms with Crippen molar-refractivity contribution < 1.29 is 14.6 Å². The summed E-state index contributed by atoms with van der Waals surface area (Å²) in [6.45, 7) is 4.26. The number of esters is 1. The number of piperidine rings is 1. The zero-order valence-electron chi connectivity index (χ0n) is 11.4. The largest absolute Gasteiger partial charge is 0.464 e. The number of aliphatic hydroxyl groups is 1. The minimum Gasteiger partial charge on any atom is -0.464 e. The van der Waals surface area contributed by atoms with Crippen LogP contribution in [-0.4, -0.2) is 46.8 Å². The summed E-state index contributed by atoms with van der Waals surface area (Å²) >= 11 is 0. The molecule has 0 atom stereocenters. The van der Waals surface area contributed by atoms with E-state index in [1.54, 1.807) is 6.07 Å². The minimum absolute atomic E-state index is 0.337. The molecule has 0 aromatic carbocycles. The highest BCUT2D eigenvalue weighted by atomic mass is 16.5. The minimum atomic E-state index is -0.544. The Morgan fingerprint density at radius 3 is 2.79 bits per heavy atom. The van der Waals surface area contributed by atoms with E-state index in [4.69, 9.17) is 0 Å². The van der Waals surface area contributed by atoms with E-state index >= 15 is 0 Å². The average Bonchev–Trinajstić information content (AvgIpc) is 2.41. The quantitative estimate of drug-likeness (QED) is 0.832. The van der Waals surface area contributed by atoms with Gasteiger partial charge in [0.1, 0.15) is 5.69 Å². The summed E-state index contributed by atoms with van der Waals surface area (Å²) in [7, 11) is 1.35. The molecule has 0 spiro atoms. The highest BCUT2D eigenvalue weighted by Crippen LogP contribution is 2.22. The Morgan fingerprint density at radius 2 is 2.16 bits per heavy atom. The van der Waals surface area contributed by atoms with Crippen molar-refractivity contribution in [1.82, 2.24) is 9.88 Å². The first-order valence-electron chi connectivity index (χ1n) is 6.49. The van der Waals surface area contributed by atoms with Gasteiger partial charge in [-0.25, -0.2) is 9.78 Å². The molecule has 1 aromatic heterocycles. The lowest BCUT2D eigenvalue weighted by Gasteiger charge is -2.35. The van der Waals surface area contributed by atoms with Crippen LogP contribution >= 0.6 is 0 Å². The average molecular weight is 264 g/mol. The normalized spacial score (nSPS) is 19.1. The van der Waals surface area contributed by atoms with Gasteiger partial charge in [-0.15, -0.1) is 0 Å². The van der Waals surface area contributed by atoms with Gasteiger partial charge in [0.2, 0.25) is 0 Å². The predicted octanol–water partition coefficient (Wildman–Crippen LogP) is 1.21. The predicted molar refractivity (Wildman–Crippen MR) is 70.7 cm³/mol. The molecule has 2 heterocycles. The van der Waals surface area contributed by atoms with Crippen LogP contribution in [0.1, 0.15) is 35.9 Å². The first-order chi connectivity index (χ1) is 9.00. The van der Waals surface area contributed by atoms with E-state index in [0.717, 1.165) is 31.6 Å². The molecule has 2 rings (SSSR count). The second-order valence-corrected chi connectivity index (χ2v) is 5.28. The zero-order valence-corrected chi connectivity index (χ0v) is 11.4. The van der Waals surface area contributed by atoms with Crippen LogP contribution in [-0.2, 0) is 11.3 Å². The molecule has 0 saturated carbocycles. The summed E-state index contributed by atoms with van der Waals surface area (Å²) in [5, 5.41) is 9.90. The van der Waals surface area contributed by atoms with Crippen molar-refractivity contribution in [3.63, 3.8) is 0 Å². The van der Waals surface area contributed by atoms with Gasteiger partial charge in [-0.05, 0) is 31.9 Å². The summed E-state index contributed by atoms with van der Waals surface area (Å²) in [6.07, 6.45) is 1.54. The summed E-state index contributed by atoms with van der Waals surface area (Å²) in [6, 6.07) is 5.37. The van der Waals surface area contributed by atoms with Gasteiger partial charge in [-0.1, -0.05) is 6.07 Å². The fraction of sp³-hybridized carbons (Fsp3) is 0.571. The van der Waals surface area contributed by atoms with E-state index < -0.39 is 11.6 Å². The molecular formula is C14H20N2O3. The monoisotopic (exact) mass is 264 g/mol. The van der Waals surface area contributed by atoms with Crippen molar-refractivity contribution in [2.75, 3.05) is 20.2 Å². The molecule has 104 valence electrons. The Kier molecular flexibility index (Phi) is 4.17. The number of nitrogens with zero attached hydrogens (tertiary/aromatic N) is 2. The smallest absolute Gasteiger partial charge is 0.356 e. The van der Waals surface area contributed by atoms with E-state index in [1.165, 1.54) is 7.11 Å². The van der Waals surface area contributed by atoms with Gasteiger partial charge in [-0.2, -0.15) is 0 Å². The number of ether oxygens (including phenoxy) is 1. The molecule has 1 N–H and O–H groups in total. The molecule has 0 radical (unpaired) electrons. The van der Waals surface area contributed by atoms with Crippen LogP contribution in [0.15, 0.2) is 18.2 Å². The lowest BCUT2D eigenvalue weighted by atomic mass is 9.94. The van der Waals surface area contributed by atoms with Crippen LogP contribution in [0.3, 0.4) is 0 Å². The molecule has 5 nitrogen and oxygen atoms in total. The van der Waals surface area contributed by atoms with Crippen molar-refractivity contribution in [3.8, 4) is 0 Å². The van der Waals surface area contributed by atoms with Gasteiger partial charge in [-0.3, -0.25) is 4.90 Å². The van der Waals surface area contributed by atoms with E-state index in [9.17, 15) is 9.90 Å². The van der Waals surface area contributed by atoms with Crippen LogP contribution in [0.5, 0.6) is 0 Å². The fourth-order valence-electron chi connectivity index (χ4n) is 2.21. The van der Waals surface area contributed by atoms with Gasteiger partial charge in [0, 0.05) is 19.6 Å². The number of aromatic nitrogens is 1. The molecule has 0 aliphatic carbocycles. The number of rotatable bonds is 3. The Labute approximate surface area is 113 Å². The third kappa shape index (κ3) is 3.75. The lowest BCUT2D eigenvalue weighted by molar-refractivity contribution is -0.00758. The molecule has 1 aromatic rings. The van der Waals surface area contributed by atoms with Gasteiger partial charge in [0.15, 0.2) is 0 Å². The van der Waals surface area contributed by atoms with Crippen LogP contribution in [0.4, 0.5) is 0 Å². The summed E-state index contributed by atoms with van der Waals surface area (Å²) in [5.74, 6) is -0.413. The molecule has 1 aliphatic rings. The molecular weight excluding hydrogens is 244 g/mol. The first kappa shape index (κ1) is 14.0. The number of hydrogen-bond acceptors (Lipinski definition) is 5. The molecule has 1 fully saturated rings. The third-order valence-electron chi connectivity index (χ3n) is 3.52. The highest BCUT2D eigenvalue weighted by Gasteiger charge is 2.27. The Balaban J connectivity index is 1.98. The number of hydrogen-bond donors (Lipinski definition) is 1. The van der Waals surface area contributed by atoms with E-state index in [1.807, 2.05) is 19.1 Å². The van der Waals surface area contributed by atoms with Gasteiger partial charge in [0.25, 0.3) is 0 Å². The number of carbonyl (C=O) groups is 1. The standard InChI is InChI=1S/C14H20N2O3/c1-14(18)6-8-16(9-7-14)10-11-4-3-5-12(15-11)13(17)19-2/h3-5,18H,6-10H2,1-2H3. The first-order valence-corrected chi connectivity index (χ1v) is 6.49. The number of methoxy groups -OCH3 is 1. The van der Waals surface area contributed by atoms with Crippen molar-refractivity contribution in [2.45, 2.75) is 31.9 Å². The lowest BCUT2D eigenvalue weighted by Crippen LogP contribution is -2.42. The van der Waals surface area contributed by atoms with E-state index in [2.05, 4.69) is 14.6 Å². The summed E-state index contributed by atoms with van der Waals surface area (Å²) in [5.41, 5.74) is 0.645. The SMILES string of the molecule is COC(=O)c1cccc(CN2CCC(C)(O)CC2)n1. The molecule has 0 bridgehead atoms. The van der Waals surface area contributed by atoms with Crippen molar-refractivity contribution in [3.05, 3.63) is 29.6 Å². The second-order valence-electron chi connectivity index (χ2n) is 5.28. The third-order valence-corrected chi connectivity index (χ3v) is 3.52. The van der Waals surface area contributed by atoms with Crippen LogP contribution in [0.25, 0.3) is 0 Å². The van der Waals surface area contributed by atoms with Crippen LogP contribution < -0.4 is 0 Å². The van der Waals surface area contributed by atoms with Crippen LogP contribution in [0, 0.1) is 0 Å². The van der Waals surface area contributed by atoms with Gasteiger partial charge >= 0.3 is 5.97 Å². The second kappa shape index (κ2) is 5.67. The number of carbonyl (C=O) groups excluding carboxylic acids is 1. The Hall–Kier alpha value is -1.46. The zero-order chi connectivity index (χ0) is 13.9. The molecule has 5 heteroatoms. The van der Waals surface area contributed by atoms with Crippen molar-refractivity contribution in [1.29, 1.82) is 0 Å². The fourth-order valence-corrected chi connectivity index (χ4v) is 2.21. The molecule has 1 aliphatic heterocycles. The van der Waals surface area contributed by atoms with Gasteiger partial charge in [0.05, 0.1) is 18.4 Å². The van der Waals surface area contributed by atoms with Crippen LogP contribution in [0.2, 0.25) is 0 Å². The maximum atomic E-state index is 11.4. The maximum absolute atomic E-state index is 11.4. The summed E-state index contributed by atoms with van der Waals surface area (Å²) in [4.78, 5) is 17.9. The number of likely N-dealkylation sites (tertiary alicyclic amines) is 1. The molecule has 1 saturated heterocycles. The number of pyridine rings is 1. The topological polar surface area (TPSA) is 62.7 Å². The molecule has 0 amide bonds. The summed E-state index contributed by atoms with van der Waals surface area (Å²) < 4.78 is 4.66. The molecule has 0 unspecified atom stereocenters. The Morgan fingerprint density at radius 1 is 1.47 bits per heavy atom. The van der Waals surface area contributed by atoms with Crippen molar-refractivity contribution in [2.24, 2.45) is 0 Å². The van der Waals surface area contributed by atoms with E-state index in [0.29, 0.717) is 12.2 Å². The molecule has 19 heavy (non-hydrogen) atoms. The Bertz CT molecular complexity index is 450. The van der Waals surface area contributed by atoms with Gasteiger partial charge < -0.3 is 9.84 Å². The van der Waals surface area contributed by atoms with E-state index in [-0.39, 0.29) is 0 Å². The van der Waals surface area contributed by atoms with Crippen molar-refractivity contribution >= 4 is 5.97 Å². The highest BCUT2D eigenvalue weighted by molar-refractivity contribution is 5.87. The maximum Gasteiger partial charge on any atom is 0.356 e.